The van der Waals surface area contributed by atoms with Crippen LogP contribution >= 0.6 is 11.3 Å². The van der Waals surface area contributed by atoms with Gasteiger partial charge in [0.05, 0.1) is 0 Å². The molecule has 0 aliphatic heterocycles. The minimum absolute atomic E-state index is 0.574. The molecule has 90 valence electrons. The van der Waals surface area contributed by atoms with E-state index in [4.69, 9.17) is 0 Å². The van der Waals surface area contributed by atoms with Crippen molar-refractivity contribution in [1.29, 1.82) is 0 Å². The second-order valence-corrected chi connectivity index (χ2v) is 6.44. The van der Waals surface area contributed by atoms with E-state index >= 15 is 0 Å². The molecule has 0 radical (unpaired) electrons. The summed E-state index contributed by atoms with van der Waals surface area (Å²) in [6.45, 7) is 4.81. The van der Waals surface area contributed by atoms with Crippen LogP contribution in [-0.4, -0.2) is 7.05 Å². The maximum atomic E-state index is 3.53. The topological polar surface area (TPSA) is 12.0 Å². The molecule has 0 saturated heterocycles. The van der Waals surface area contributed by atoms with Gasteiger partial charge in [-0.3, -0.25) is 0 Å². The van der Waals surface area contributed by atoms with Crippen LogP contribution in [0.4, 0.5) is 0 Å². The van der Waals surface area contributed by atoms with Crippen molar-refractivity contribution in [3.8, 4) is 0 Å². The van der Waals surface area contributed by atoms with E-state index in [1.165, 1.54) is 24.1 Å². The second kappa shape index (κ2) is 5.33. The van der Waals surface area contributed by atoms with E-state index in [-0.39, 0.29) is 0 Å². The first-order valence-electron chi connectivity index (χ1n) is 6.41. The number of hydrogen-bond acceptors (Lipinski definition) is 2. The zero-order valence-electron chi connectivity index (χ0n) is 10.6. The SMILES string of the molecule is CNC(c1cccs1)C1CC(C)CC(C)C1. The van der Waals surface area contributed by atoms with Gasteiger partial charge in [0.1, 0.15) is 0 Å². The molecule has 3 unspecified atom stereocenters. The number of thiophene rings is 1. The van der Waals surface area contributed by atoms with Crippen LogP contribution in [-0.2, 0) is 0 Å². The van der Waals surface area contributed by atoms with Gasteiger partial charge in [-0.05, 0) is 55.5 Å². The van der Waals surface area contributed by atoms with Crippen molar-refractivity contribution < 1.29 is 0 Å². The molecule has 1 aromatic rings. The molecule has 1 saturated carbocycles. The summed E-state index contributed by atoms with van der Waals surface area (Å²) in [5.74, 6) is 2.61. The molecule has 0 bridgehead atoms. The van der Waals surface area contributed by atoms with Crippen molar-refractivity contribution in [3.05, 3.63) is 22.4 Å². The Balaban J connectivity index is 2.09. The summed E-state index contributed by atoms with van der Waals surface area (Å²) in [6, 6.07) is 5.01. The van der Waals surface area contributed by atoms with Gasteiger partial charge in [-0.25, -0.2) is 0 Å². The Hall–Kier alpha value is -0.340. The van der Waals surface area contributed by atoms with E-state index in [0.29, 0.717) is 6.04 Å². The third kappa shape index (κ3) is 2.67. The molecule has 1 fully saturated rings. The van der Waals surface area contributed by atoms with Gasteiger partial charge in [-0.15, -0.1) is 11.3 Å². The molecule has 1 N–H and O–H groups in total. The quantitative estimate of drug-likeness (QED) is 0.835. The molecule has 2 rings (SSSR count). The van der Waals surface area contributed by atoms with Crippen LogP contribution in [0, 0.1) is 17.8 Å². The fraction of sp³-hybridized carbons (Fsp3) is 0.714. The maximum Gasteiger partial charge on any atom is 0.0441 e. The van der Waals surface area contributed by atoms with Crippen molar-refractivity contribution in [2.75, 3.05) is 7.05 Å². The predicted octanol–water partition coefficient (Wildman–Crippen LogP) is 4.08. The van der Waals surface area contributed by atoms with Crippen molar-refractivity contribution >= 4 is 11.3 Å². The Morgan fingerprint density at radius 3 is 2.44 bits per heavy atom. The highest BCUT2D eigenvalue weighted by Gasteiger charge is 2.30. The van der Waals surface area contributed by atoms with Crippen LogP contribution in [0.25, 0.3) is 0 Å². The largest absolute Gasteiger partial charge is 0.312 e. The van der Waals surface area contributed by atoms with Crippen LogP contribution in [0.15, 0.2) is 17.5 Å². The van der Waals surface area contributed by atoms with E-state index in [0.717, 1.165) is 17.8 Å². The van der Waals surface area contributed by atoms with Crippen molar-refractivity contribution in [3.63, 3.8) is 0 Å². The lowest BCUT2D eigenvalue weighted by Gasteiger charge is -2.36. The van der Waals surface area contributed by atoms with Crippen LogP contribution in [0.3, 0.4) is 0 Å². The number of rotatable bonds is 3. The van der Waals surface area contributed by atoms with Gasteiger partial charge in [0.2, 0.25) is 0 Å². The summed E-state index contributed by atoms with van der Waals surface area (Å²) in [5.41, 5.74) is 0. The molecule has 0 amide bonds. The van der Waals surface area contributed by atoms with Crippen molar-refractivity contribution in [1.82, 2.24) is 5.32 Å². The summed E-state index contributed by atoms with van der Waals surface area (Å²) >= 11 is 1.89. The highest BCUT2D eigenvalue weighted by atomic mass is 32.1. The first kappa shape index (κ1) is 12.1. The minimum Gasteiger partial charge on any atom is -0.312 e. The molecule has 2 heteroatoms. The Kier molecular flexibility index (Phi) is 4.04. The summed E-state index contributed by atoms with van der Waals surface area (Å²) in [6.07, 6.45) is 4.18. The van der Waals surface area contributed by atoms with Gasteiger partial charge in [-0.2, -0.15) is 0 Å². The van der Waals surface area contributed by atoms with E-state index in [1.807, 2.05) is 11.3 Å². The third-order valence-corrected chi connectivity index (χ3v) is 4.80. The van der Waals surface area contributed by atoms with Gasteiger partial charge in [0, 0.05) is 10.9 Å². The lowest BCUT2D eigenvalue weighted by atomic mass is 9.73. The summed E-state index contributed by atoms with van der Waals surface area (Å²) in [5, 5.41) is 5.72. The third-order valence-electron chi connectivity index (χ3n) is 3.85. The van der Waals surface area contributed by atoms with Crippen LogP contribution < -0.4 is 5.32 Å². The van der Waals surface area contributed by atoms with E-state index < -0.39 is 0 Å². The Morgan fingerprint density at radius 2 is 1.94 bits per heavy atom. The molecular formula is C14H23NS. The summed E-state index contributed by atoms with van der Waals surface area (Å²) in [7, 11) is 2.11. The van der Waals surface area contributed by atoms with E-state index in [9.17, 15) is 0 Å². The number of nitrogens with one attached hydrogen (secondary N) is 1. The normalized spacial score (nSPS) is 32.6. The fourth-order valence-electron chi connectivity index (χ4n) is 3.36. The molecule has 3 atom stereocenters. The molecule has 0 aromatic carbocycles. The van der Waals surface area contributed by atoms with Crippen molar-refractivity contribution in [2.24, 2.45) is 17.8 Å². The van der Waals surface area contributed by atoms with Crippen molar-refractivity contribution in [2.45, 2.75) is 39.2 Å². The van der Waals surface area contributed by atoms with Gasteiger partial charge in [0.15, 0.2) is 0 Å². The van der Waals surface area contributed by atoms with Crippen LogP contribution in [0.5, 0.6) is 0 Å². The second-order valence-electron chi connectivity index (χ2n) is 5.46. The summed E-state index contributed by atoms with van der Waals surface area (Å²) in [4.78, 5) is 1.51. The molecule has 16 heavy (non-hydrogen) atoms. The fourth-order valence-corrected chi connectivity index (χ4v) is 4.29. The lowest BCUT2D eigenvalue weighted by Crippen LogP contribution is -2.30. The van der Waals surface area contributed by atoms with Gasteiger partial charge in [0.25, 0.3) is 0 Å². The van der Waals surface area contributed by atoms with Crippen LogP contribution in [0.2, 0.25) is 0 Å². The molecule has 1 heterocycles. The first-order valence-corrected chi connectivity index (χ1v) is 7.29. The molecule has 1 aromatic heterocycles. The highest BCUT2D eigenvalue weighted by molar-refractivity contribution is 7.10. The van der Waals surface area contributed by atoms with Gasteiger partial charge in [-0.1, -0.05) is 19.9 Å². The Bertz CT molecular complexity index is 297. The smallest absolute Gasteiger partial charge is 0.0441 e. The standard InChI is InChI=1S/C14H23NS/c1-10-7-11(2)9-12(8-10)14(15-3)13-5-4-6-16-13/h4-6,10-12,14-15H,7-9H2,1-3H3. The van der Waals surface area contributed by atoms with E-state index in [2.05, 4.69) is 43.7 Å². The number of hydrogen-bond donors (Lipinski definition) is 1. The zero-order chi connectivity index (χ0) is 11.5. The van der Waals surface area contributed by atoms with Gasteiger partial charge < -0.3 is 5.32 Å². The average molecular weight is 237 g/mol. The van der Waals surface area contributed by atoms with Gasteiger partial charge >= 0.3 is 0 Å². The molecule has 1 nitrogen and oxygen atoms in total. The molecular weight excluding hydrogens is 214 g/mol. The van der Waals surface area contributed by atoms with Crippen LogP contribution in [0.1, 0.15) is 44.0 Å². The molecule has 1 aliphatic carbocycles. The predicted molar refractivity (Wildman–Crippen MR) is 71.8 cm³/mol. The Labute approximate surface area is 103 Å². The molecule has 0 spiro atoms. The summed E-state index contributed by atoms with van der Waals surface area (Å²) < 4.78 is 0. The monoisotopic (exact) mass is 237 g/mol. The minimum atomic E-state index is 0.574. The first-order chi connectivity index (χ1) is 7.70. The van der Waals surface area contributed by atoms with E-state index in [1.54, 1.807) is 0 Å². The molecule has 1 aliphatic rings. The lowest BCUT2D eigenvalue weighted by molar-refractivity contribution is 0.182. The zero-order valence-corrected chi connectivity index (χ0v) is 11.4. The average Bonchev–Trinajstić information content (AvgIpc) is 2.70. The highest BCUT2D eigenvalue weighted by Crippen LogP contribution is 2.40. The maximum absolute atomic E-state index is 3.53. The Morgan fingerprint density at radius 1 is 1.25 bits per heavy atom.